The maximum atomic E-state index is 12.8. The van der Waals surface area contributed by atoms with Crippen molar-refractivity contribution in [1.82, 2.24) is 5.32 Å². The summed E-state index contributed by atoms with van der Waals surface area (Å²) >= 11 is 5.20. The molecular formula is C18H21N3O2S2. The Kier molecular flexibility index (Phi) is 6.17. The lowest BCUT2D eigenvalue weighted by Crippen LogP contribution is -2.30. The van der Waals surface area contributed by atoms with Crippen LogP contribution in [0.25, 0.3) is 0 Å². The third kappa shape index (κ3) is 5.04. The molecule has 0 spiro atoms. The zero-order chi connectivity index (χ0) is 18.4. The number of nitrogens with zero attached hydrogens (tertiary/aromatic N) is 1. The number of hydrogen-bond donors (Lipinski definition) is 2. The third-order valence-corrected chi connectivity index (χ3v) is 5.45. The van der Waals surface area contributed by atoms with Crippen molar-refractivity contribution in [2.45, 2.75) is 11.8 Å². The maximum Gasteiger partial charge on any atom is 0.264 e. The van der Waals surface area contributed by atoms with Gasteiger partial charge in [-0.15, -0.1) is 0 Å². The summed E-state index contributed by atoms with van der Waals surface area (Å²) in [6.45, 7) is 6.24. The molecule has 0 amide bonds. The number of sulfonamides is 1. The van der Waals surface area contributed by atoms with Crippen molar-refractivity contribution in [2.24, 2.45) is 0 Å². The Labute approximate surface area is 154 Å². The molecule has 0 aliphatic carbocycles. The molecule has 0 saturated heterocycles. The molecule has 5 nitrogen and oxygen atoms in total. The first-order valence-corrected chi connectivity index (χ1v) is 9.49. The molecular weight excluding hydrogens is 354 g/mol. The van der Waals surface area contributed by atoms with Crippen LogP contribution >= 0.6 is 12.2 Å². The van der Waals surface area contributed by atoms with Crippen LogP contribution in [0.4, 0.5) is 11.4 Å². The fraction of sp³-hybridized carbons (Fsp3) is 0.167. The standard InChI is InChI=1S/C18H21N3O2S2/c1-14(2)13-19-18(24)20-15-8-7-11-17(12-15)25(22,23)21(3)16-9-5-4-6-10-16/h4-12H,1,13H2,2-3H3,(H2,19,20,24). The Bertz CT molecular complexity index is 865. The van der Waals surface area contributed by atoms with Crippen LogP contribution < -0.4 is 14.9 Å². The number of anilines is 2. The molecule has 0 unspecified atom stereocenters. The Hall–Kier alpha value is -2.38. The summed E-state index contributed by atoms with van der Waals surface area (Å²) in [6, 6.07) is 15.5. The number of rotatable bonds is 6. The number of nitrogens with one attached hydrogen (secondary N) is 2. The SMILES string of the molecule is C=C(C)CNC(=S)Nc1cccc(S(=O)(=O)N(C)c2ccccc2)c1. The van der Waals surface area contributed by atoms with Gasteiger partial charge in [-0.25, -0.2) is 8.42 Å². The highest BCUT2D eigenvalue weighted by molar-refractivity contribution is 7.92. The molecule has 2 aromatic rings. The second kappa shape index (κ2) is 8.13. The predicted octanol–water partition coefficient (Wildman–Crippen LogP) is 3.37. The monoisotopic (exact) mass is 375 g/mol. The summed E-state index contributed by atoms with van der Waals surface area (Å²) < 4.78 is 26.9. The Morgan fingerprint density at radius 3 is 2.48 bits per heavy atom. The largest absolute Gasteiger partial charge is 0.359 e. The molecule has 0 bridgehead atoms. The fourth-order valence-corrected chi connectivity index (χ4v) is 3.51. The summed E-state index contributed by atoms with van der Waals surface area (Å²) in [4.78, 5) is 0.187. The van der Waals surface area contributed by atoms with Gasteiger partial charge in [-0.3, -0.25) is 4.31 Å². The van der Waals surface area contributed by atoms with Gasteiger partial charge in [0.15, 0.2) is 5.11 Å². The van der Waals surface area contributed by atoms with Gasteiger partial charge in [0, 0.05) is 19.3 Å². The van der Waals surface area contributed by atoms with Gasteiger partial charge in [-0.1, -0.05) is 36.4 Å². The van der Waals surface area contributed by atoms with E-state index in [0.29, 0.717) is 23.0 Å². The molecule has 132 valence electrons. The topological polar surface area (TPSA) is 61.4 Å². The van der Waals surface area contributed by atoms with Crippen LogP contribution in [0, 0.1) is 0 Å². The summed E-state index contributed by atoms with van der Waals surface area (Å²) in [5.74, 6) is 0. The predicted molar refractivity (Wildman–Crippen MR) is 108 cm³/mol. The molecule has 0 aliphatic heterocycles. The molecule has 2 aromatic carbocycles. The average Bonchev–Trinajstić information content (AvgIpc) is 2.60. The summed E-state index contributed by atoms with van der Waals surface area (Å²) in [5, 5.41) is 6.39. The number of para-hydroxylation sites is 1. The fourth-order valence-electron chi connectivity index (χ4n) is 2.08. The van der Waals surface area contributed by atoms with Crippen molar-refractivity contribution in [3.05, 3.63) is 66.7 Å². The Morgan fingerprint density at radius 1 is 1.16 bits per heavy atom. The minimum absolute atomic E-state index is 0.187. The van der Waals surface area contributed by atoms with Crippen LogP contribution in [0.1, 0.15) is 6.92 Å². The summed E-state index contributed by atoms with van der Waals surface area (Å²) in [6.07, 6.45) is 0. The second-order valence-corrected chi connectivity index (χ2v) is 7.98. The highest BCUT2D eigenvalue weighted by Gasteiger charge is 2.21. The van der Waals surface area contributed by atoms with E-state index >= 15 is 0 Å². The quantitative estimate of drug-likeness (QED) is 0.599. The van der Waals surface area contributed by atoms with Crippen molar-refractivity contribution in [2.75, 3.05) is 23.2 Å². The van der Waals surface area contributed by atoms with Gasteiger partial charge in [0.2, 0.25) is 0 Å². The summed E-state index contributed by atoms with van der Waals surface area (Å²) in [7, 11) is -2.13. The molecule has 0 aromatic heterocycles. The molecule has 25 heavy (non-hydrogen) atoms. The minimum Gasteiger partial charge on any atom is -0.359 e. The van der Waals surface area contributed by atoms with Gasteiger partial charge in [0.25, 0.3) is 10.0 Å². The molecule has 0 aliphatic rings. The lowest BCUT2D eigenvalue weighted by Gasteiger charge is -2.20. The first-order valence-electron chi connectivity index (χ1n) is 7.64. The minimum atomic E-state index is -3.66. The van der Waals surface area contributed by atoms with E-state index in [2.05, 4.69) is 17.2 Å². The second-order valence-electron chi connectivity index (χ2n) is 5.60. The van der Waals surface area contributed by atoms with Crippen molar-refractivity contribution >= 4 is 38.7 Å². The van der Waals surface area contributed by atoms with Crippen molar-refractivity contribution < 1.29 is 8.42 Å². The van der Waals surface area contributed by atoms with Gasteiger partial charge in [0.05, 0.1) is 10.6 Å². The van der Waals surface area contributed by atoms with Gasteiger partial charge in [0.1, 0.15) is 0 Å². The van der Waals surface area contributed by atoms with Crippen molar-refractivity contribution in [3.63, 3.8) is 0 Å². The first-order chi connectivity index (χ1) is 11.8. The molecule has 7 heteroatoms. The number of hydrogen-bond acceptors (Lipinski definition) is 3. The highest BCUT2D eigenvalue weighted by atomic mass is 32.2. The smallest absolute Gasteiger partial charge is 0.264 e. The van der Waals surface area contributed by atoms with Gasteiger partial charge in [-0.2, -0.15) is 0 Å². The molecule has 0 fully saturated rings. The molecule has 2 rings (SSSR count). The van der Waals surface area contributed by atoms with Gasteiger partial charge >= 0.3 is 0 Å². The molecule has 0 atom stereocenters. The average molecular weight is 376 g/mol. The first kappa shape index (κ1) is 19.0. The van der Waals surface area contributed by atoms with E-state index in [0.717, 1.165) is 5.57 Å². The normalized spacial score (nSPS) is 10.8. The maximum absolute atomic E-state index is 12.8. The molecule has 0 radical (unpaired) electrons. The van der Waals surface area contributed by atoms with E-state index in [1.807, 2.05) is 13.0 Å². The zero-order valence-electron chi connectivity index (χ0n) is 14.2. The number of benzene rings is 2. The van der Waals surface area contributed by atoms with Crippen LogP contribution in [-0.2, 0) is 10.0 Å². The van der Waals surface area contributed by atoms with Gasteiger partial charge in [-0.05, 0) is 49.5 Å². The third-order valence-electron chi connectivity index (χ3n) is 3.42. The summed E-state index contributed by atoms with van der Waals surface area (Å²) in [5.41, 5.74) is 2.14. The Morgan fingerprint density at radius 2 is 1.84 bits per heavy atom. The highest BCUT2D eigenvalue weighted by Crippen LogP contribution is 2.23. The zero-order valence-corrected chi connectivity index (χ0v) is 15.8. The lowest BCUT2D eigenvalue weighted by atomic mass is 10.3. The van der Waals surface area contributed by atoms with E-state index in [1.165, 1.54) is 11.4 Å². The molecule has 0 saturated carbocycles. The van der Waals surface area contributed by atoms with Crippen LogP contribution in [0.15, 0.2) is 71.6 Å². The number of thiocarbonyl (C=S) groups is 1. The van der Waals surface area contributed by atoms with E-state index < -0.39 is 10.0 Å². The lowest BCUT2D eigenvalue weighted by molar-refractivity contribution is 0.594. The van der Waals surface area contributed by atoms with Crippen molar-refractivity contribution in [3.8, 4) is 0 Å². The van der Waals surface area contributed by atoms with Crippen LogP contribution in [0.3, 0.4) is 0 Å². The van der Waals surface area contributed by atoms with Gasteiger partial charge < -0.3 is 10.6 Å². The van der Waals surface area contributed by atoms with E-state index in [4.69, 9.17) is 12.2 Å². The van der Waals surface area contributed by atoms with E-state index in [1.54, 1.807) is 48.5 Å². The van der Waals surface area contributed by atoms with Crippen LogP contribution in [-0.4, -0.2) is 27.1 Å². The van der Waals surface area contributed by atoms with E-state index in [9.17, 15) is 8.42 Å². The van der Waals surface area contributed by atoms with Crippen LogP contribution in [0.2, 0.25) is 0 Å². The van der Waals surface area contributed by atoms with E-state index in [-0.39, 0.29) is 4.90 Å². The molecule has 0 heterocycles. The van der Waals surface area contributed by atoms with Crippen LogP contribution in [0.5, 0.6) is 0 Å². The Balaban J connectivity index is 2.19. The molecule has 2 N–H and O–H groups in total. The van der Waals surface area contributed by atoms with Crippen molar-refractivity contribution in [1.29, 1.82) is 0 Å².